The van der Waals surface area contributed by atoms with Gasteiger partial charge in [0.1, 0.15) is 11.6 Å². The highest BCUT2D eigenvalue weighted by Gasteiger charge is 2.11. The fourth-order valence-electron chi connectivity index (χ4n) is 1.26. The molecule has 84 valence electrons. The van der Waals surface area contributed by atoms with Crippen LogP contribution < -0.4 is 5.32 Å². The van der Waals surface area contributed by atoms with Crippen molar-refractivity contribution in [1.82, 2.24) is 5.32 Å². The smallest absolute Gasteiger partial charge is 0.130 e. The second-order valence-corrected chi connectivity index (χ2v) is 4.86. The fourth-order valence-corrected chi connectivity index (χ4v) is 1.26. The van der Waals surface area contributed by atoms with Gasteiger partial charge in [-0.05, 0) is 17.5 Å². The van der Waals surface area contributed by atoms with E-state index in [4.69, 9.17) is 0 Å². The Hall–Kier alpha value is -0.960. The molecule has 0 aliphatic heterocycles. The number of halogens is 2. The molecule has 0 aromatic heterocycles. The third-order valence-corrected chi connectivity index (χ3v) is 2.02. The normalized spacial score (nSPS) is 11.8. The molecule has 0 heterocycles. The predicted octanol–water partition coefficient (Wildman–Crippen LogP) is 3.10. The van der Waals surface area contributed by atoms with Crippen LogP contribution in [0.4, 0.5) is 8.78 Å². The van der Waals surface area contributed by atoms with Crippen LogP contribution in [0.15, 0.2) is 18.2 Å². The van der Waals surface area contributed by atoms with Crippen LogP contribution in [-0.2, 0) is 6.54 Å². The molecule has 1 aromatic carbocycles. The Kier molecular flexibility index (Phi) is 3.80. The first-order valence-corrected chi connectivity index (χ1v) is 5.04. The zero-order valence-corrected chi connectivity index (χ0v) is 9.40. The maximum atomic E-state index is 13.2. The van der Waals surface area contributed by atoms with Gasteiger partial charge in [-0.25, -0.2) is 8.78 Å². The predicted molar refractivity (Wildman–Crippen MR) is 57.5 cm³/mol. The van der Waals surface area contributed by atoms with E-state index in [9.17, 15) is 8.78 Å². The molecule has 0 spiro atoms. The fraction of sp³-hybridized carbons (Fsp3) is 0.500. The first-order valence-electron chi connectivity index (χ1n) is 5.04. The van der Waals surface area contributed by atoms with Crippen molar-refractivity contribution < 1.29 is 8.78 Å². The second kappa shape index (κ2) is 4.71. The summed E-state index contributed by atoms with van der Waals surface area (Å²) < 4.78 is 26.4. The molecule has 0 radical (unpaired) electrons. The molecule has 0 unspecified atom stereocenters. The number of benzene rings is 1. The van der Waals surface area contributed by atoms with Gasteiger partial charge in [-0.2, -0.15) is 0 Å². The van der Waals surface area contributed by atoms with Gasteiger partial charge in [0, 0.05) is 18.7 Å². The lowest BCUT2D eigenvalue weighted by molar-refractivity contribution is 0.375. The third-order valence-electron chi connectivity index (χ3n) is 2.02. The standard InChI is InChI=1S/C12H17F2N/c1-12(2,3)8-15-7-9-10(13)5-4-6-11(9)14/h4-6,15H,7-8H2,1-3H3. The highest BCUT2D eigenvalue weighted by molar-refractivity contribution is 5.19. The molecule has 0 atom stereocenters. The molecule has 0 saturated heterocycles. The minimum atomic E-state index is -0.489. The first-order chi connectivity index (χ1) is 6.90. The van der Waals surface area contributed by atoms with Crippen molar-refractivity contribution in [3.8, 4) is 0 Å². The zero-order valence-electron chi connectivity index (χ0n) is 9.40. The molecule has 1 rings (SSSR count). The van der Waals surface area contributed by atoms with Crippen LogP contribution in [0.25, 0.3) is 0 Å². The van der Waals surface area contributed by atoms with Crippen molar-refractivity contribution in [3.63, 3.8) is 0 Å². The van der Waals surface area contributed by atoms with E-state index in [1.54, 1.807) is 0 Å². The Morgan fingerprint density at radius 3 is 2.13 bits per heavy atom. The lowest BCUT2D eigenvalue weighted by Crippen LogP contribution is -2.27. The van der Waals surface area contributed by atoms with Crippen molar-refractivity contribution >= 4 is 0 Å². The Morgan fingerprint density at radius 1 is 1.13 bits per heavy atom. The summed E-state index contributed by atoms with van der Waals surface area (Å²) in [5, 5.41) is 3.04. The summed E-state index contributed by atoms with van der Waals surface area (Å²) in [5.74, 6) is -0.979. The lowest BCUT2D eigenvalue weighted by atomic mass is 9.97. The van der Waals surface area contributed by atoms with Crippen LogP contribution in [-0.4, -0.2) is 6.54 Å². The Balaban J connectivity index is 2.58. The van der Waals surface area contributed by atoms with Crippen LogP contribution in [0.3, 0.4) is 0 Å². The van der Waals surface area contributed by atoms with Gasteiger partial charge in [0.05, 0.1) is 0 Å². The zero-order chi connectivity index (χ0) is 11.5. The highest BCUT2D eigenvalue weighted by atomic mass is 19.1. The molecular weight excluding hydrogens is 196 g/mol. The monoisotopic (exact) mass is 213 g/mol. The van der Waals surface area contributed by atoms with Crippen LogP contribution in [0.5, 0.6) is 0 Å². The average molecular weight is 213 g/mol. The van der Waals surface area contributed by atoms with Crippen molar-refractivity contribution in [2.75, 3.05) is 6.54 Å². The number of hydrogen-bond acceptors (Lipinski definition) is 1. The largest absolute Gasteiger partial charge is 0.312 e. The number of nitrogens with one attached hydrogen (secondary N) is 1. The minimum Gasteiger partial charge on any atom is -0.312 e. The van der Waals surface area contributed by atoms with Gasteiger partial charge in [0.25, 0.3) is 0 Å². The van der Waals surface area contributed by atoms with Gasteiger partial charge < -0.3 is 5.32 Å². The summed E-state index contributed by atoms with van der Waals surface area (Å²) in [7, 11) is 0. The first kappa shape index (κ1) is 12.1. The molecule has 15 heavy (non-hydrogen) atoms. The van der Waals surface area contributed by atoms with Crippen molar-refractivity contribution in [2.45, 2.75) is 27.3 Å². The van der Waals surface area contributed by atoms with E-state index in [-0.39, 0.29) is 17.5 Å². The minimum absolute atomic E-state index is 0.113. The molecule has 0 saturated carbocycles. The summed E-state index contributed by atoms with van der Waals surface area (Å²) in [5.41, 5.74) is 0.226. The summed E-state index contributed by atoms with van der Waals surface area (Å²) in [6, 6.07) is 3.92. The van der Waals surface area contributed by atoms with Gasteiger partial charge in [-0.3, -0.25) is 0 Å². The van der Waals surface area contributed by atoms with Gasteiger partial charge in [0.15, 0.2) is 0 Å². The summed E-state index contributed by atoms with van der Waals surface area (Å²) in [6.07, 6.45) is 0. The van der Waals surface area contributed by atoms with E-state index in [2.05, 4.69) is 26.1 Å². The highest BCUT2D eigenvalue weighted by Crippen LogP contribution is 2.14. The van der Waals surface area contributed by atoms with Crippen molar-refractivity contribution in [2.24, 2.45) is 5.41 Å². The molecule has 0 amide bonds. The molecule has 1 N–H and O–H groups in total. The van der Waals surface area contributed by atoms with E-state index in [1.807, 2.05) is 0 Å². The molecule has 0 aliphatic rings. The van der Waals surface area contributed by atoms with Gasteiger partial charge >= 0.3 is 0 Å². The van der Waals surface area contributed by atoms with Crippen LogP contribution >= 0.6 is 0 Å². The van der Waals surface area contributed by atoms with Gasteiger partial charge in [0.2, 0.25) is 0 Å². The quantitative estimate of drug-likeness (QED) is 0.813. The van der Waals surface area contributed by atoms with Gasteiger partial charge in [-0.1, -0.05) is 26.8 Å². The average Bonchev–Trinajstić information content (AvgIpc) is 2.08. The van der Waals surface area contributed by atoms with Gasteiger partial charge in [-0.15, -0.1) is 0 Å². The van der Waals surface area contributed by atoms with E-state index >= 15 is 0 Å². The third kappa shape index (κ3) is 3.96. The Labute approximate surface area is 89.5 Å². The molecule has 3 heteroatoms. The summed E-state index contributed by atoms with van der Waals surface area (Å²) in [6.45, 7) is 7.16. The van der Waals surface area contributed by atoms with Crippen LogP contribution in [0.1, 0.15) is 26.3 Å². The second-order valence-electron chi connectivity index (χ2n) is 4.86. The SMILES string of the molecule is CC(C)(C)CNCc1c(F)cccc1F. The lowest BCUT2D eigenvalue weighted by Gasteiger charge is -2.19. The van der Waals surface area contributed by atoms with Crippen LogP contribution in [0.2, 0.25) is 0 Å². The van der Waals surface area contributed by atoms with Crippen molar-refractivity contribution in [1.29, 1.82) is 0 Å². The van der Waals surface area contributed by atoms with E-state index in [0.29, 0.717) is 0 Å². The summed E-state index contributed by atoms with van der Waals surface area (Å²) >= 11 is 0. The van der Waals surface area contributed by atoms with Crippen molar-refractivity contribution in [3.05, 3.63) is 35.4 Å². The summed E-state index contributed by atoms with van der Waals surface area (Å²) in [4.78, 5) is 0. The van der Waals surface area contributed by atoms with E-state index in [0.717, 1.165) is 6.54 Å². The Bertz CT molecular complexity index is 309. The molecule has 0 fully saturated rings. The molecule has 1 aromatic rings. The molecule has 0 aliphatic carbocycles. The molecule has 0 bridgehead atoms. The molecule has 1 nitrogen and oxygen atoms in total. The number of rotatable bonds is 3. The maximum absolute atomic E-state index is 13.2. The number of hydrogen-bond donors (Lipinski definition) is 1. The Morgan fingerprint density at radius 2 is 1.67 bits per heavy atom. The van der Waals surface area contributed by atoms with E-state index in [1.165, 1.54) is 18.2 Å². The topological polar surface area (TPSA) is 12.0 Å². The maximum Gasteiger partial charge on any atom is 0.130 e. The van der Waals surface area contributed by atoms with Crippen LogP contribution in [0, 0.1) is 17.0 Å². The molecular formula is C12H17F2N. The van der Waals surface area contributed by atoms with E-state index < -0.39 is 11.6 Å².